The first-order chi connectivity index (χ1) is 14.1. The number of nitrogens with zero attached hydrogens (tertiary/aromatic N) is 2. The van der Waals surface area contributed by atoms with Gasteiger partial charge in [0.2, 0.25) is 0 Å². The molecule has 2 heterocycles. The Morgan fingerprint density at radius 2 is 2.00 bits per heavy atom. The topological polar surface area (TPSA) is 77.1 Å². The first-order valence-electron chi connectivity index (χ1n) is 10.7. The van der Waals surface area contributed by atoms with Crippen molar-refractivity contribution in [3.8, 4) is 5.75 Å². The minimum Gasteiger partial charge on any atom is -0.491 e. The zero-order valence-corrected chi connectivity index (χ0v) is 17.8. The smallest absolute Gasteiger partial charge is 0.317 e. The van der Waals surface area contributed by atoms with Crippen LogP contribution in [-0.2, 0) is 6.54 Å². The van der Waals surface area contributed by atoms with Crippen molar-refractivity contribution in [1.82, 2.24) is 20.4 Å². The van der Waals surface area contributed by atoms with E-state index < -0.39 is 6.10 Å². The van der Waals surface area contributed by atoms with Crippen LogP contribution in [0.3, 0.4) is 0 Å². The SMILES string of the molecule is O=C1NCCN1CCNCc1cc(Cl)ccc1OCC(O)CN1CCCCCC1. The lowest BCUT2D eigenvalue weighted by atomic mass is 10.2. The van der Waals surface area contributed by atoms with Crippen LogP contribution >= 0.6 is 11.6 Å². The Labute approximate surface area is 178 Å². The molecule has 7 nitrogen and oxygen atoms in total. The molecule has 162 valence electrons. The quantitative estimate of drug-likeness (QED) is 0.501. The molecule has 2 aliphatic rings. The Hall–Kier alpha value is -1.54. The third-order valence-electron chi connectivity index (χ3n) is 5.44. The number of rotatable bonds is 10. The van der Waals surface area contributed by atoms with Crippen molar-refractivity contribution in [1.29, 1.82) is 0 Å². The molecular formula is C21H33ClN4O3. The number of ether oxygens (including phenoxy) is 1. The number of carbonyl (C=O) groups is 1. The van der Waals surface area contributed by atoms with Gasteiger partial charge in [-0.05, 0) is 44.1 Å². The molecule has 2 aliphatic heterocycles. The highest BCUT2D eigenvalue weighted by atomic mass is 35.5. The number of aliphatic hydroxyl groups is 1. The van der Waals surface area contributed by atoms with E-state index in [1.807, 2.05) is 12.1 Å². The van der Waals surface area contributed by atoms with Gasteiger partial charge in [-0.25, -0.2) is 4.79 Å². The molecule has 2 amide bonds. The van der Waals surface area contributed by atoms with E-state index in [-0.39, 0.29) is 12.6 Å². The van der Waals surface area contributed by atoms with Crippen LogP contribution < -0.4 is 15.4 Å². The molecule has 1 unspecified atom stereocenters. The highest BCUT2D eigenvalue weighted by molar-refractivity contribution is 6.30. The van der Waals surface area contributed by atoms with Gasteiger partial charge in [0.25, 0.3) is 0 Å². The Kier molecular flexibility index (Phi) is 8.86. The van der Waals surface area contributed by atoms with Gasteiger partial charge < -0.3 is 30.3 Å². The Morgan fingerprint density at radius 3 is 2.72 bits per heavy atom. The molecule has 2 fully saturated rings. The van der Waals surface area contributed by atoms with Crippen LogP contribution in [-0.4, -0.2) is 79.5 Å². The van der Waals surface area contributed by atoms with Crippen LogP contribution in [0.15, 0.2) is 18.2 Å². The standard InChI is InChI=1S/C21H33ClN4O3/c22-18-5-6-20(29-16-19(27)15-25-9-3-1-2-4-10-25)17(13-18)14-23-7-11-26-12-8-24-21(26)28/h5-6,13,19,23,27H,1-4,7-12,14-16H2,(H,24,28). The lowest BCUT2D eigenvalue weighted by molar-refractivity contribution is 0.0690. The second-order valence-electron chi connectivity index (χ2n) is 7.83. The molecular weight excluding hydrogens is 392 g/mol. The summed E-state index contributed by atoms with van der Waals surface area (Å²) < 4.78 is 5.92. The van der Waals surface area contributed by atoms with Crippen molar-refractivity contribution in [2.45, 2.75) is 38.3 Å². The van der Waals surface area contributed by atoms with E-state index in [1.54, 1.807) is 11.0 Å². The van der Waals surface area contributed by atoms with Gasteiger partial charge in [-0.3, -0.25) is 0 Å². The highest BCUT2D eigenvalue weighted by Gasteiger charge is 2.18. The van der Waals surface area contributed by atoms with Gasteiger partial charge in [-0.1, -0.05) is 24.4 Å². The van der Waals surface area contributed by atoms with Gasteiger partial charge in [-0.2, -0.15) is 0 Å². The molecule has 29 heavy (non-hydrogen) atoms. The summed E-state index contributed by atoms with van der Waals surface area (Å²) in [7, 11) is 0. The minimum atomic E-state index is -0.515. The zero-order valence-electron chi connectivity index (χ0n) is 17.0. The number of halogens is 1. The van der Waals surface area contributed by atoms with Crippen LogP contribution in [0.4, 0.5) is 4.79 Å². The average molecular weight is 425 g/mol. The van der Waals surface area contributed by atoms with Crippen molar-refractivity contribution in [2.75, 3.05) is 52.4 Å². The molecule has 3 N–H and O–H groups in total. The lowest BCUT2D eigenvalue weighted by Gasteiger charge is -2.23. The molecule has 0 saturated carbocycles. The number of urea groups is 1. The van der Waals surface area contributed by atoms with E-state index >= 15 is 0 Å². The molecule has 0 radical (unpaired) electrons. The summed E-state index contributed by atoms with van der Waals surface area (Å²) in [5, 5.41) is 17.2. The van der Waals surface area contributed by atoms with E-state index in [9.17, 15) is 9.90 Å². The molecule has 0 spiro atoms. The number of hydrogen-bond donors (Lipinski definition) is 3. The first kappa shape index (κ1) is 22.2. The monoisotopic (exact) mass is 424 g/mol. The Morgan fingerprint density at radius 1 is 1.21 bits per heavy atom. The van der Waals surface area contributed by atoms with Crippen molar-refractivity contribution >= 4 is 17.6 Å². The number of aliphatic hydroxyl groups excluding tert-OH is 1. The predicted octanol–water partition coefficient (Wildman–Crippen LogP) is 2.07. The minimum absolute atomic E-state index is 0.00280. The van der Waals surface area contributed by atoms with Crippen LogP contribution in [0.2, 0.25) is 5.02 Å². The van der Waals surface area contributed by atoms with E-state index in [2.05, 4.69) is 15.5 Å². The first-order valence-corrected chi connectivity index (χ1v) is 11.0. The molecule has 1 aromatic carbocycles. The molecule has 0 bridgehead atoms. The second kappa shape index (κ2) is 11.6. The number of hydrogen-bond acceptors (Lipinski definition) is 5. The number of nitrogens with one attached hydrogen (secondary N) is 2. The molecule has 1 aromatic rings. The van der Waals surface area contributed by atoms with Crippen molar-refractivity contribution in [2.24, 2.45) is 0 Å². The number of benzene rings is 1. The van der Waals surface area contributed by atoms with Crippen LogP contribution in [0, 0.1) is 0 Å². The maximum Gasteiger partial charge on any atom is 0.317 e. The number of carbonyl (C=O) groups excluding carboxylic acids is 1. The van der Waals surface area contributed by atoms with Gasteiger partial charge in [0, 0.05) is 49.9 Å². The zero-order chi connectivity index (χ0) is 20.5. The summed E-state index contributed by atoms with van der Waals surface area (Å²) in [4.78, 5) is 15.7. The van der Waals surface area contributed by atoms with Gasteiger partial charge in [-0.15, -0.1) is 0 Å². The summed E-state index contributed by atoms with van der Waals surface area (Å²) in [6.07, 6.45) is 4.47. The lowest BCUT2D eigenvalue weighted by Crippen LogP contribution is -2.36. The maximum atomic E-state index is 11.6. The van der Waals surface area contributed by atoms with Gasteiger partial charge in [0.15, 0.2) is 0 Å². The van der Waals surface area contributed by atoms with Crippen molar-refractivity contribution in [3.63, 3.8) is 0 Å². The predicted molar refractivity (Wildman–Crippen MR) is 115 cm³/mol. The fraction of sp³-hybridized carbons (Fsp3) is 0.667. The Balaban J connectivity index is 1.44. The van der Waals surface area contributed by atoms with Crippen molar-refractivity contribution in [3.05, 3.63) is 28.8 Å². The van der Waals surface area contributed by atoms with E-state index in [0.29, 0.717) is 37.7 Å². The molecule has 3 rings (SSSR count). The number of β-amino-alcohol motifs (C(OH)–C–C–N with tert-alkyl or cyclic N) is 1. The fourth-order valence-corrected chi connectivity index (χ4v) is 4.04. The summed E-state index contributed by atoms with van der Waals surface area (Å²) in [5.74, 6) is 0.732. The second-order valence-corrected chi connectivity index (χ2v) is 8.26. The number of amides is 2. The number of likely N-dealkylation sites (tertiary alicyclic amines) is 1. The Bertz CT molecular complexity index is 653. The molecule has 1 atom stereocenters. The third-order valence-corrected chi connectivity index (χ3v) is 5.68. The average Bonchev–Trinajstić information content (AvgIpc) is 2.94. The van der Waals surface area contributed by atoms with E-state index in [4.69, 9.17) is 16.3 Å². The van der Waals surface area contributed by atoms with Gasteiger partial charge >= 0.3 is 6.03 Å². The van der Waals surface area contributed by atoms with Gasteiger partial charge in [0.05, 0.1) is 0 Å². The van der Waals surface area contributed by atoms with Crippen LogP contribution in [0.1, 0.15) is 31.2 Å². The molecule has 2 saturated heterocycles. The van der Waals surface area contributed by atoms with Gasteiger partial charge in [0.1, 0.15) is 18.5 Å². The van der Waals surface area contributed by atoms with Crippen LogP contribution in [0.5, 0.6) is 5.75 Å². The third kappa shape index (κ3) is 7.33. The largest absolute Gasteiger partial charge is 0.491 e. The fourth-order valence-electron chi connectivity index (χ4n) is 3.84. The van der Waals surface area contributed by atoms with Crippen LogP contribution in [0.25, 0.3) is 0 Å². The normalized spacial score (nSPS) is 19.1. The van der Waals surface area contributed by atoms with E-state index in [0.717, 1.165) is 30.9 Å². The summed E-state index contributed by atoms with van der Waals surface area (Å²) >= 11 is 6.16. The highest BCUT2D eigenvalue weighted by Crippen LogP contribution is 2.23. The van der Waals surface area contributed by atoms with E-state index in [1.165, 1.54) is 25.7 Å². The summed E-state index contributed by atoms with van der Waals surface area (Å²) in [6, 6.07) is 5.53. The molecule has 8 heteroatoms. The summed E-state index contributed by atoms with van der Waals surface area (Å²) in [6.45, 7) is 6.44. The summed E-state index contributed by atoms with van der Waals surface area (Å²) in [5.41, 5.74) is 0.949. The maximum absolute atomic E-state index is 11.6. The molecule has 0 aliphatic carbocycles. The molecule has 0 aromatic heterocycles. The van der Waals surface area contributed by atoms with Crippen molar-refractivity contribution < 1.29 is 14.6 Å².